The van der Waals surface area contributed by atoms with E-state index in [1.54, 1.807) is 11.3 Å². The number of piperidine rings is 3. The highest BCUT2D eigenvalue weighted by Gasteiger charge is 2.36. The number of hydrogen-bond donors (Lipinski definition) is 0. The minimum atomic E-state index is 0.279. The first-order chi connectivity index (χ1) is 9.33. The van der Waals surface area contributed by atoms with Crippen molar-refractivity contribution in [3.05, 3.63) is 40.9 Å². The zero-order chi connectivity index (χ0) is 12.8. The van der Waals surface area contributed by atoms with E-state index in [4.69, 9.17) is 0 Å². The van der Waals surface area contributed by atoms with E-state index in [1.165, 1.54) is 15.6 Å². The number of nitrogens with zero attached hydrogens (tertiary/aromatic N) is 1. The highest BCUT2D eigenvalue weighted by Crippen LogP contribution is 2.34. The van der Waals surface area contributed by atoms with Gasteiger partial charge in [0.2, 0.25) is 0 Å². The van der Waals surface area contributed by atoms with Gasteiger partial charge in [0.05, 0.1) is 5.70 Å². The molecule has 2 aromatic rings. The molecule has 0 radical (unpaired) electrons. The second-order valence-corrected chi connectivity index (χ2v) is 6.25. The van der Waals surface area contributed by atoms with Crippen molar-refractivity contribution in [3.63, 3.8) is 0 Å². The summed E-state index contributed by atoms with van der Waals surface area (Å²) >= 11 is 1.75. The van der Waals surface area contributed by atoms with Gasteiger partial charge in [0.15, 0.2) is 5.78 Å². The first-order valence-electron chi connectivity index (χ1n) is 6.80. The summed E-state index contributed by atoms with van der Waals surface area (Å²) in [5.41, 5.74) is 2.13. The third-order valence-corrected chi connectivity index (χ3v) is 5.24. The average molecular weight is 269 g/mol. The molecule has 96 valence electrons. The van der Waals surface area contributed by atoms with Crippen LogP contribution in [0.25, 0.3) is 16.2 Å². The van der Waals surface area contributed by atoms with Crippen molar-refractivity contribution < 1.29 is 4.79 Å². The normalized spacial score (nSPS) is 21.8. The number of hydrogen-bond acceptors (Lipinski definition) is 3. The van der Waals surface area contributed by atoms with Gasteiger partial charge >= 0.3 is 0 Å². The first kappa shape index (κ1) is 11.2. The van der Waals surface area contributed by atoms with Crippen LogP contribution in [0.1, 0.15) is 18.4 Å². The number of fused-ring (bicyclic) bond motifs is 4. The lowest BCUT2D eigenvalue weighted by molar-refractivity contribution is -0.125. The SMILES string of the molecule is O=C1/C(=C/c2csc3ccccc23)N2CCC1CC2. The topological polar surface area (TPSA) is 20.3 Å². The Bertz CT molecular complexity index is 677. The molecule has 3 aliphatic rings. The van der Waals surface area contributed by atoms with Crippen molar-refractivity contribution in [1.82, 2.24) is 4.90 Å². The molecule has 0 N–H and O–H groups in total. The highest BCUT2D eigenvalue weighted by atomic mass is 32.1. The number of Topliss-reactive ketones (excluding diaryl/α,β-unsaturated/α-hetero) is 1. The summed E-state index contributed by atoms with van der Waals surface area (Å²) < 4.78 is 1.29. The van der Waals surface area contributed by atoms with Gasteiger partial charge < -0.3 is 4.90 Å². The van der Waals surface area contributed by atoms with Crippen LogP contribution < -0.4 is 0 Å². The van der Waals surface area contributed by atoms with Crippen LogP contribution in [0, 0.1) is 5.92 Å². The molecule has 3 saturated heterocycles. The van der Waals surface area contributed by atoms with Gasteiger partial charge in [0, 0.05) is 23.7 Å². The smallest absolute Gasteiger partial charge is 0.182 e. The number of carbonyl (C=O) groups is 1. The van der Waals surface area contributed by atoms with Crippen LogP contribution in [0.3, 0.4) is 0 Å². The van der Waals surface area contributed by atoms with E-state index in [0.29, 0.717) is 5.78 Å². The van der Waals surface area contributed by atoms with Crippen LogP contribution in [0.15, 0.2) is 35.3 Å². The average Bonchev–Trinajstić information content (AvgIpc) is 2.87. The first-order valence-corrected chi connectivity index (χ1v) is 7.68. The summed E-state index contributed by atoms with van der Waals surface area (Å²) in [4.78, 5) is 14.6. The lowest BCUT2D eigenvalue weighted by atomic mass is 9.84. The zero-order valence-corrected chi connectivity index (χ0v) is 11.5. The predicted octanol–water partition coefficient (Wildman–Crippen LogP) is 3.54. The summed E-state index contributed by atoms with van der Waals surface area (Å²) in [6.07, 6.45) is 4.19. The molecule has 3 aliphatic heterocycles. The minimum absolute atomic E-state index is 0.279. The Hall–Kier alpha value is -1.61. The molecule has 0 saturated carbocycles. The van der Waals surface area contributed by atoms with Crippen molar-refractivity contribution in [3.8, 4) is 0 Å². The van der Waals surface area contributed by atoms with Crippen molar-refractivity contribution in [2.24, 2.45) is 5.92 Å². The Morgan fingerprint density at radius 1 is 1.21 bits per heavy atom. The van der Waals surface area contributed by atoms with Gasteiger partial charge in [-0.25, -0.2) is 0 Å². The van der Waals surface area contributed by atoms with E-state index in [1.807, 2.05) is 0 Å². The van der Waals surface area contributed by atoms with Crippen LogP contribution in [0.4, 0.5) is 0 Å². The van der Waals surface area contributed by atoms with Crippen LogP contribution in [-0.2, 0) is 4.79 Å². The Balaban J connectivity index is 1.81. The molecular weight excluding hydrogens is 254 g/mol. The van der Waals surface area contributed by atoms with Gasteiger partial charge in [0.1, 0.15) is 0 Å². The zero-order valence-electron chi connectivity index (χ0n) is 10.6. The van der Waals surface area contributed by atoms with Crippen LogP contribution >= 0.6 is 11.3 Å². The number of rotatable bonds is 1. The van der Waals surface area contributed by atoms with E-state index >= 15 is 0 Å². The molecule has 0 amide bonds. The molecule has 5 rings (SSSR count). The summed E-state index contributed by atoms with van der Waals surface area (Å²) in [7, 11) is 0. The lowest BCUT2D eigenvalue weighted by Gasteiger charge is -2.41. The summed E-state index contributed by atoms with van der Waals surface area (Å²) in [6, 6.07) is 8.40. The Kier molecular flexibility index (Phi) is 2.49. The molecule has 3 fully saturated rings. The molecule has 3 heteroatoms. The van der Waals surface area contributed by atoms with E-state index in [-0.39, 0.29) is 5.92 Å². The number of thiophene rings is 1. The number of carbonyl (C=O) groups excluding carboxylic acids is 1. The molecule has 19 heavy (non-hydrogen) atoms. The fraction of sp³-hybridized carbons (Fsp3) is 0.312. The third kappa shape index (κ3) is 1.72. The Morgan fingerprint density at radius 2 is 2.00 bits per heavy atom. The van der Waals surface area contributed by atoms with Gasteiger partial charge in [0.25, 0.3) is 0 Å². The monoisotopic (exact) mass is 269 g/mol. The molecule has 0 aliphatic carbocycles. The van der Waals surface area contributed by atoms with Crippen LogP contribution in [0.2, 0.25) is 0 Å². The standard InChI is InChI=1S/C16H15NOS/c18-16-11-5-7-17(8-6-11)14(16)9-12-10-19-15-4-2-1-3-13(12)15/h1-4,9-11H,5-8H2/b14-9-. The molecule has 2 nitrogen and oxygen atoms in total. The van der Waals surface area contributed by atoms with E-state index in [9.17, 15) is 4.79 Å². The molecule has 4 heterocycles. The molecule has 0 unspecified atom stereocenters. The number of ketones is 1. The fourth-order valence-corrected chi connectivity index (χ4v) is 4.09. The van der Waals surface area contributed by atoms with Gasteiger partial charge in [-0.2, -0.15) is 0 Å². The van der Waals surface area contributed by atoms with Crippen molar-refractivity contribution in [1.29, 1.82) is 0 Å². The van der Waals surface area contributed by atoms with Gasteiger partial charge in [-0.1, -0.05) is 18.2 Å². The highest BCUT2D eigenvalue weighted by molar-refractivity contribution is 7.17. The van der Waals surface area contributed by atoms with Crippen LogP contribution in [-0.4, -0.2) is 23.8 Å². The predicted molar refractivity (Wildman–Crippen MR) is 79.1 cm³/mol. The van der Waals surface area contributed by atoms with Crippen LogP contribution in [0.5, 0.6) is 0 Å². The molecular formula is C16H15NOS. The summed E-state index contributed by atoms with van der Waals surface area (Å²) in [6.45, 7) is 2.09. The van der Waals surface area contributed by atoms with E-state index in [2.05, 4.69) is 40.6 Å². The van der Waals surface area contributed by atoms with Crippen molar-refractivity contribution in [2.45, 2.75) is 12.8 Å². The van der Waals surface area contributed by atoms with E-state index in [0.717, 1.165) is 31.6 Å². The van der Waals surface area contributed by atoms with Crippen molar-refractivity contribution >= 4 is 33.3 Å². The Labute approximate surface area is 116 Å². The molecule has 2 bridgehead atoms. The third-order valence-electron chi connectivity index (χ3n) is 4.26. The van der Waals surface area contributed by atoms with E-state index < -0.39 is 0 Å². The number of benzene rings is 1. The molecule has 1 aromatic carbocycles. The maximum atomic E-state index is 12.3. The second kappa shape index (κ2) is 4.20. The quantitative estimate of drug-likeness (QED) is 0.738. The maximum absolute atomic E-state index is 12.3. The van der Waals surface area contributed by atoms with Gasteiger partial charge in [-0.3, -0.25) is 4.79 Å². The van der Waals surface area contributed by atoms with Crippen molar-refractivity contribution in [2.75, 3.05) is 13.1 Å². The minimum Gasteiger partial charge on any atom is -0.369 e. The largest absolute Gasteiger partial charge is 0.369 e. The van der Waals surface area contributed by atoms with Gasteiger partial charge in [-0.15, -0.1) is 11.3 Å². The fourth-order valence-electron chi connectivity index (χ4n) is 3.17. The molecule has 0 spiro atoms. The molecule has 1 aromatic heterocycles. The van der Waals surface area contributed by atoms with Gasteiger partial charge in [-0.05, 0) is 41.3 Å². The number of allylic oxidation sites excluding steroid dienone is 1. The molecule has 0 atom stereocenters. The summed E-state index contributed by atoms with van der Waals surface area (Å²) in [5, 5.41) is 3.42. The second-order valence-electron chi connectivity index (χ2n) is 5.34. The lowest BCUT2D eigenvalue weighted by Crippen LogP contribution is -2.45. The Morgan fingerprint density at radius 3 is 2.79 bits per heavy atom. The summed E-state index contributed by atoms with van der Waals surface area (Å²) in [5.74, 6) is 0.633. The maximum Gasteiger partial charge on any atom is 0.182 e.